The van der Waals surface area contributed by atoms with Gasteiger partial charge in [-0.25, -0.2) is 0 Å². The van der Waals surface area contributed by atoms with E-state index in [4.69, 9.17) is 0 Å². The fourth-order valence-electron chi connectivity index (χ4n) is 3.87. The molecule has 1 atom stereocenters. The number of amides is 1. The number of carbonyl (C=O) groups excluding carboxylic acids is 1. The Morgan fingerprint density at radius 2 is 1.70 bits per heavy atom. The van der Waals surface area contributed by atoms with Crippen LogP contribution in [0.25, 0.3) is 0 Å². The zero-order valence-electron chi connectivity index (χ0n) is 15.9. The number of nitrogens with one attached hydrogen (secondary N) is 1. The summed E-state index contributed by atoms with van der Waals surface area (Å²) in [4.78, 5) is 19.5. The normalized spacial score (nSPS) is 15.7. The molecule has 1 N–H and O–H groups in total. The lowest BCUT2D eigenvalue weighted by atomic mass is 10.0. The van der Waals surface area contributed by atoms with Crippen LogP contribution in [0.1, 0.15) is 44.5 Å². The zero-order valence-corrected chi connectivity index (χ0v) is 15.9. The lowest BCUT2D eigenvalue weighted by molar-refractivity contribution is 0.0727. The van der Waals surface area contributed by atoms with E-state index in [9.17, 15) is 4.79 Å². The van der Waals surface area contributed by atoms with E-state index in [0.29, 0.717) is 12.1 Å². The predicted octanol–water partition coefficient (Wildman–Crippen LogP) is 4.77. The Morgan fingerprint density at radius 3 is 2.41 bits per heavy atom. The minimum absolute atomic E-state index is 0.0156. The molecule has 0 saturated heterocycles. The molecule has 2 heterocycles. The summed E-state index contributed by atoms with van der Waals surface area (Å²) < 4.78 is 0. The minimum atomic E-state index is -0.283. The molecular weight excluding hydrogens is 334 g/mol. The van der Waals surface area contributed by atoms with Gasteiger partial charge in [0.25, 0.3) is 5.91 Å². The van der Waals surface area contributed by atoms with Crippen molar-refractivity contribution < 1.29 is 4.79 Å². The number of aryl methyl sites for hydroxylation is 3. The van der Waals surface area contributed by atoms with Gasteiger partial charge in [0.2, 0.25) is 0 Å². The van der Waals surface area contributed by atoms with Crippen molar-refractivity contribution >= 4 is 11.6 Å². The minimum Gasteiger partial charge on any atom is -0.360 e. The van der Waals surface area contributed by atoms with E-state index in [1.165, 1.54) is 16.7 Å². The molecule has 4 rings (SSSR count). The van der Waals surface area contributed by atoms with Crippen molar-refractivity contribution in [1.29, 1.82) is 0 Å². The van der Waals surface area contributed by atoms with Crippen LogP contribution < -0.4 is 5.32 Å². The summed E-state index contributed by atoms with van der Waals surface area (Å²) >= 11 is 0. The topological polar surface area (TPSA) is 45.2 Å². The predicted molar refractivity (Wildman–Crippen MR) is 108 cm³/mol. The van der Waals surface area contributed by atoms with Gasteiger partial charge in [-0.2, -0.15) is 0 Å². The van der Waals surface area contributed by atoms with Crippen LogP contribution in [0.2, 0.25) is 0 Å². The van der Waals surface area contributed by atoms with Crippen LogP contribution in [-0.4, -0.2) is 15.8 Å². The number of nitrogens with zero attached hydrogens (tertiary/aromatic N) is 2. The van der Waals surface area contributed by atoms with Crippen LogP contribution in [0, 0.1) is 20.8 Å². The number of benzene rings is 2. The number of hydrogen-bond acceptors (Lipinski definition) is 3. The van der Waals surface area contributed by atoms with Gasteiger partial charge in [0.1, 0.15) is 6.17 Å². The molecule has 1 aliphatic rings. The summed E-state index contributed by atoms with van der Waals surface area (Å²) in [6, 6.07) is 18.1. The molecule has 0 saturated carbocycles. The Hall–Kier alpha value is -3.14. The Balaban J connectivity index is 1.74. The van der Waals surface area contributed by atoms with Gasteiger partial charge in [-0.15, -0.1) is 0 Å². The SMILES string of the molecule is Cc1cc(C)c(NC2c3ncccc3C(=O)N2Cc2ccccc2)c(C)c1. The van der Waals surface area contributed by atoms with E-state index in [-0.39, 0.29) is 12.1 Å². The molecule has 1 aromatic heterocycles. The van der Waals surface area contributed by atoms with Crippen LogP contribution in [-0.2, 0) is 6.54 Å². The molecule has 1 amide bonds. The fraction of sp³-hybridized carbons (Fsp3) is 0.217. The van der Waals surface area contributed by atoms with Gasteiger partial charge in [-0.05, 0) is 49.6 Å². The Bertz CT molecular complexity index is 975. The highest BCUT2D eigenvalue weighted by molar-refractivity contribution is 5.99. The van der Waals surface area contributed by atoms with Crippen molar-refractivity contribution in [2.24, 2.45) is 0 Å². The summed E-state index contributed by atoms with van der Waals surface area (Å²) in [5.74, 6) is 0.0156. The van der Waals surface area contributed by atoms with Gasteiger partial charge < -0.3 is 10.2 Å². The Kier molecular flexibility index (Phi) is 4.40. The number of fused-ring (bicyclic) bond motifs is 1. The van der Waals surface area contributed by atoms with Crippen LogP contribution in [0.4, 0.5) is 5.69 Å². The maximum atomic E-state index is 13.1. The van der Waals surface area contributed by atoms with Gasteiger partial charge in [0.15, 0.2) is 0 Å². The van der Waals surface area contributed by atoms with Crippen LogP contribution >= 0.6 is 0 Å². The van der Waals surface area contributed by atoms with Gasteiger partial charge in [-0.1, -0.05) is 48.0 Å². The summed E-state index contributed by atoms with van der Waals surface area (Å²) in [5.41, 5.74) is 7.20. The van der Waals surface area contributed by atoms with E-state index in [1.54, 1.807) is 6.20 Å². The highest BCUT2D eigenvalue weighted by atomic mass is 16.2. The third-order valence-corrected chi connectivity index (χ3v) is 5.05. The molecule has 0 aliphatic carbocycles. The number of hydrogen-bond donors (Lipinski definition) is 1. The zero-order chi connectivity index (χ0) is 19.0. The maximum absolute atomic E-state index is 13.1. The number of aromatic nitrogens is 1. The standard InChI is InChI=1S/C23H23N3O/c1-15-12-16(2)20(17(3)13-15)25-22-21-19(10-7-11-24-21)23(27)26(22)14-18-8-5-4-6-9-18/h4-13,22,25H,14H2,1-3H3. The van der Waals surface area contributed by atoms with E-state index in [1.807, 2.05) is 47.4 Å². The second-order valence-corrected chi connectivity index (χ2v) is 7.18. The quantitative estimate of drug-likeness (QED) is 0.731. The number of carbonyl (C=O) groups is 1. The first-order chi connectivity index (χ1) is 13.0. The average Bonchev–Trinajstić information content (AvgIpc) is 2.91. The molecule has 1 aliphatic heterocycles. The maximum Gasteiger partial charge on any atom is 0.258 e. The van der Waals surface area contributed by atoms with Crippen molar-refractivity contribution in [2.45, 2.75) is 33.5 Å². The molecule has 4 heteroatoms. The van der Waals surface area contributed by atoms with Gasteiger partial charge in [-0.3, -0.25) is 9.78 Å². The van der Waals surface area contributed by atoms with E-state index in [0.717, 1.165) is 16.9 Å². The van der Waals surface area contributed by atoms with Crippen molar-refractivity contribution in [3.63, 3.8) is 0 Å². The summed E-state index contributed by atoms with van der Waals surface area (Å²) in [7, 11) is 0. The smallest absolute Gasteiger partial charge is 0.258 e. The summed E-state index contributed by atoms with van der Waals surface area (Å²) in [5, 5.41) is 3.60. The highest BCUT2D eigenvalue weighted by Crippen LogP contribution is 2.36. The third kappa shape index (κ3) is 3.19. The molecule has 27 heavy (non-hydrogen) atoms. The molecule has 0 bridgehead atoms. The van der Waals surface area contributed by atoms with Gasteiger partial charge in [0.05, 0.1) is 11.3 Å². The second kappa shape index (κ2) is 6.88. The number of anilines is 1. The molecule has 0 radical (unpaired) electrons. The number of rotatable bonds is 4. The summed E-state index contributed by atoms with van der Waals surface area (Å²) in [6.45, 7) is 6.83. The Morgan fingerprint density at radius 1 is 1.00 bits per heavy atom. The van der Waals surface area contributed by atoms with Gasteiger partial charge >= 0.3 is 0 Å². The van der Waals surface area contributed by atoms with Crippen molar-refractivity contribution in [3.05, 3.63) is 94.3 Å². The van der Waals surface area contributed by atoms with Gasteiger partial charge in [0, 0.05) is 18.4 Å². The summed E-state index contributed by atoms with van der Waals surface area (Å²) in [6.07, 6.45) is 1.47. The van der Waals surface area contributed by atoms with E-state index in [2.05, 4.69) is 43.2 Å². The van der Waals surface area contributed by atoms with Crippen molar-refractivity contribution in [3.8, 4) is 0 Å². The molecule has 136 valence electrons. The van der Waals surface area contributed by atoms with E-state index >= 15 is 0 Å². The molecule has 3 aromatic rings. The molecule has 4 nitrogen and oxygen atoms in total. The van der Waals surface area contributed by atoms with E-state index < -0.39 is 0 Å². The molecule has 0 spiro atoms. The highest BCUT2D eigenvalue weighted by Gasteiger charge is 2.38. The largest absolute Gasteiger partial charge is 0.360 e. The molecule has 1 unspecified atom stereocenters. The van der Waals surface area contributed by atoms with Crippen molar-refractivity contribution in [2.75, 3.05) is 5.32 Å². The molecule has 2 aromatic carbocycles. The first-order valence-corrected chi connectivity index (χ1v) is 9.19. The Labute approximate surface area is 159 Å². The first kappa shape index (κ1) is 17.3. The lowest BCUT2D eigenvalue weighted by Gasteiger charge is -2.28. The molecule has 0 fully saturated rings. The number of pyridine rings is 1. The van der Waals surface area contributed by atoms with Crippen LogP contribution in [0.3, 0.4) is 0 Å². The second-order valence-electron chi connectivity index (χ2n) is 7.18. The molecular formula is C23H23N3O. The fourth-order valence-corrected chi connectivity index (χ4v) is 3.87. The third-order valence-electron chi connectivity index (χ3n) is 5.05. The van der Waals surface area contributed by atoms with Crippen molar-refractivity contribution in [1.82, 2.24) is 9.88 Å². The monoisotopic (exact) mass is 357 g/mol. The van der Waals surface area contributed by atoms with Crippen LogP contribution in [0.15, 0.2) is 60.8 Å². The van der Waals surface area contributed by atoms with Crippen LogP contribution in [0.5, 0.6) is 0 Å². The first-order valence-electron chi connectivity index (χ1n) is 9.19. The lowest BCUT2D eigenvalue weighted by Crippen LogP contribution is -2.32. The average molecular weight is 357 g/mol.